The molecule has 0 saturated carbocycles. The molecule has 4 rings (SSSR count). The first kappa shape index (κ1) is 16.6. The zero-order valence-electron chi connectivity index (χ0n) is 14.3. The van der Waals surface area contributed by atoms with E-state index < -0.39 is 11.4 Å². The van der Waals surface area contributed by atoms with Crippen molar-refractivity contribution in [2.24, 2.45) is 5.41 Å². The second kappa shape index (κ2) is 6.12. The number of nitrogens with zero attached hydrogens (tertiary/aromatic N) is 2. The van der Waals surface area contributed by atoms with Crippen molar-refractivity contribution in [3.8, 4) is 0 Å². The van der Waals surface area contributed by atoms with E-state index >= 15 is 0 Å². The first-order valence-electron chi connectivity index (χ1n) is 8.78. The molecule has 3 aliphatic rings. The number of benzene rings is 1. The maximum Gasteiger partial charge on any atom is 0.329 e. The van der Waals surface area contributed by atoms with Crippen molar-refractivity contribution in [1.29, 1.82) is 0 Å². The van der Waals surface area contributed by atoms with Crippen molar-refractivity contribution in [2.75, 3.05) is 31.1 Å². The molecule has 0 bridgehead atoms. The molecule has 26 heavy (non-hydrogen) atoms. The number of hydrogen-bond donors (Lipinski definition) is 2. The lowest BCUT2D eigenvalue weighted by Gasteiger charge is -2.32. The van der Waals surface area contributed by atoms with Gasteiger partial charge in [0.15, 0.2) is 0 Å². The number of hydrogen-bond acceptors (Lipinski definition) is 4. The molecule has 3 aliphatic heterocycles. The monoisotopic (exact) mass is 356 g/mol. The fourth-order valence-corrected chi connectivity index (χ4v) is 3.98. The van der Waals surface area contributed by atoms with Gasteiger partial charge in [0, 0.05) is 30.9 Å². The highest BCUT2D eigenvalue weighted by Gasteiger charge is 2.46. The highest BCUT2D eigenvalue weighted by Crippen LogP contribution is 2.37. The Labute approximate surface area is 150 Å². The molecule has 8 heteroatoms. The summed E-state index contributed by atoms with van der Waals surface area (Å²) in [5, 5.41) is 5.13. The van der Waals surface area contributed by atoms with Crippen molar-refractivity contribution >= 4 is 29.4 Å². The summed E-state index contributed by atoms with van der Waals surface area (Å²) in [5.74, 6) is -0.406. The van der Waals surface area contributed by atoms with Gasteiger partial charge in [-0.15, -0.1) is 0 Å². The van der Waals surface area contributed by atoms with Crippen LogP contribution in [0.1, 0.15) is 29.6 Å². The third kappa shape index (κ3) is 2.71. The molecule has 3 heterocycles. The Bertz CT molecular complexity index is 791. The summed E-state index contributed by atoms with van der Waals surface area (Å²) in [5.41, 5.74) is 0.629. The van der Waals surface area contributed by atoms with Gasteiger partial charge in [-0.1, -0.05) is 0 Å². The van der Waals surface area contributed by atoms with E-state index in [9.17, 15) is 19.2 Å². The Kier molecular flexibility index (Phi) is 3.90. The lowest BCUT2D eigenvalue weighted by molar-refractivity contribution is -0.132. The Morgan fingerprint density at radius 2 is 1.85 bits per heavy atom. The minimum atomic E-state index is -0.459. The van der Waals surface area contributed by atoms with Crippen molar-refractivity contribution in [3.63, 3.8) is 0 Å². The molecule has 1 aromatic rings. The second-order valence-electron chi connectivity index (χ2n) is 7.10. The van der Waals surface area contributed by atoms with Gasteiger partial charge < -0.3 is 10.2 Å². The molecule has 1 spiro atoms. The fourth-order valence-electron chi connectivity index (χ4n) is 3.98. The normalized spacial score (nSPS) is 25.6. The van der Waals surface area contributed by atoms with E-state index in [1.165, 1.54) is 4.90 Å². The summed E-state index contributed by atoms with van der Waals surface area (Å²) in [7, 11) is 0. The predicted octanol–water partition coefficient (Wildman–Crippen LogP) is 0.485. The van der Waals surface area contributed by atoms with E-state index in [4.69, 9.17) is 0 Å². The third-order valence-electron chi connectivity index (χ3n) is 5.46. The summed E-state index contributed by atoms with van der Waals surface area (Å²) in [6.07, 6.45) is 2.46. The smallest absolute Gasteiger partial charge is 0.329 e. The van der Waals surface area contributed by atoms with Gasteiger partial charge in [0.25, 0.3) is 5.91 Å². The molecular weight excluding hydrogens is 336 g/mol. The summed E-state index contributed by atoms with van der Waals surface area (Å²) in [6, 6.07) is 6.16. The third-order valence-corrected chi connectivity index (χ3v) is 5.46. The van der Waals surface area contributed by atoms with E-state index in [0.717, 1.165) is 12.8 Å². The molecular formula is C18H20N4O4. The minimum Gasteiger partial charge on any atom is -0.356 e. The molecule has 0 aliphatic carbocycles. The van der Waals surface area contributed by atoms with Crippen molar-refractivity contribution in [2.45, 2.75) is 19.3 Å². The van der Waals surface area contributed by atoms with Gasteiger partial charge in [-0.25, -0.2) is 4.79 Å². The highest BCUT2D eigenvalue weighted by molar-refractivity contribution is 6.12. The van der Waals surface area contributed by atoms with E-state index in [2.05, 4.69) is 10.6 Å². The van der Waals surface area contributed by atoms with Crippen LogP contribution in [0.4, 0.5) is 10.5 Å². The van der Waals surface area contributed by atoms with Crippen molar-refractivity contribution < 1.29 is 19.2 Å². The van der Waals surface area contributed by atoms with Crippen LogP contribution >= 0.6 is 0 Å². The SMILES string of the molecule is O=C1CN(c2ccc(C(=O)N3CCC4(CCCNC4=O)C3)cc2)C(=O)N1. The first-order chi connectivity index (χ1) is 12.5. The lowest BCUT2D eigenvalue weighted by Crippen LogP contribution is -2.47. The number of anilines is 1. The van der Waals surface area contributed by atoms with E-state index in [0.29, 0.717) is 37.3 Å². The molecule has 5 amide bonds. The van der Waals surface area contributed by atoms with Crippen LogP contribution in [0.2, 0.25) is 0 Å². The number of nitrogens with one attached hydrogen (secondary N) is 2. The largest absolute Gasteiger partial charge is 0.356 e. The van der Waals surface area contributed by atoms with Crippen molar-refractivity contribution in [3.05, 3.63) is 29.8 Å². The number of carbonyl (C=O) groups excluding carboxylic acids is 4. The lowest BCUT2D eigenvalue weighted by atomic mass is 9.79. The summed E-state index contributed by atoms with van der Waals surface area (Å²) in [4.78, 5) is 51.1. The average Bonchev–Trinajstić information content (AvgIpc) is 3.21. The predicted molar refractivity (Wildman–Crippen MR) is 92.5 cm³/mol. The Morgan fingerprint density at radius 1 is 1.08 bits per heavy atom. The maximum absolute atomic E-state index is 12.8. The molecule has 0 radical (unpaired) electrons. The zero-order valence-corrected chi connectivity index (χ0v) is 14.3. The van der Waals surface area contributed by atoms with Gasteiger partial charge in [-0.2, -0.15) is 0 Å². The van der Waals surface area contributed by atoms with Crippen LogP contribution in [0.3, 0.4) is 0 Å². The number of likely N-dealkylation sites (tertiary alicyclic amines) is 1. The Hall–Kier alpha value is -2.90. The molecule has 1 unspecified atom stereocenters. The molecule has 3 saturated heterocycles. The van der Waals surface area contributed by atoms with Crippen LogP contribution in [-0.2, 0) is 9.59 Å². The summed E-state index contributed by atoms with van der Waals surface area (Å²) in [6.45, 7) is 1.71. The topological polar surface area (TPSA) is 98.8 Å². The van der Waals surface area contributed by atoms with Crippen LogP contribution in [0.5, 0.6) is 0 Å². The van der Waals surface area contributed by atoms with Crippen LogP contribution in [0.15, 0.2) is 24.3 Å². The zero-order chi connectivity index (χ0) is 18.3. The Balaban J connectivity index is 1.46. The fraction of sp³-hybridized carbons (Fsp3) is 0.444. The van der Waals surface area contributed by atoms with Crippen LogP contribution in [0, 0.1) is 5.41 Å². The van der Waals surface area contributed by atoms with Gasteiger partial charge in [0.2, 0.25) is 11.8 Å². The number of amides is 5. The first-order valence-corrected chi connectivity index (χ1v) is 8.78. The summed E-state index contributed by atoms with van der Waals surface area (Å²) >= 11 is 0. The number of piperidine rings is 1. The van der Waals surface area contributed by atoms with Gasteiger partial charge in [-0.3, -0.25) is 24.6 Å². The average molecular weight is 356 g/mol. The van der Waals surface area contributed by atoms with Gasteiger partial charge in [-0.05, 0) is 43.5 Å². The van der Waals surface area contributed by atoms with Gasteiger partial charge in [0.1, 0.15) is 6.54 Å². The quantitative estimate of drug-likeness (QED) is 0.753. The molecule has 3 fully saturated rings. The second-order valence-corrected chi connectivity index (χ2v) is 7.10. The number of rotatable bonds is 2. The van der Waals surface area contributed by atoms with Gasteiger partial charge >= 0.3 is 6.03 Å². The summed E-state index contributed by atoms with van der Waals surface area (Å²) < 4.78 is 0. The maximum atomic E-state index is 12.8. The molecule has 0 aromatic heterocycles. The molecule has 1 aromatic carbocycles. The van der Waals surface area contributed by atoms with Gasteiger partial charge in [0.05, 0.1) is 5.41 Å². The van der Waals surface area contributed by atoms with Crippen LogP contribution < -0.4 is 15.5 Å². The number of urea groups is 1. The van der Waals surface area contributed by atoms with E-state index in [1.807, 2.05) is 0 Å². The Morgan fingerprint density at radius 3 is 2.50 bits per heavy atom. The van der Waals surface area contributed by atoms with Crippen LogP contribution in [0.25, 0.3) is 0 Å². The van der Waals surface area contributed by atoms with E-state index in [1.54, 1.807) is 29.2 Å². The van der Waals surface area contributed by atoms with Crippen molar-refractivity contribution in [1.82, 2.24) is 15.5 Å². The number of carbonyl (C=O) groups is 4. The molecule has 136 valence electrons. The minimum absolute atomic E-state index is 0.0180. The molecule has 2 N–H and O–H groups in total. The standard InChI is InChI=1S/C18H20N4O4/c23-14-10-22(17(26)20-14)13-4-2-12(3-5-13)15(24)21-9-7-18(11-21)6-1-8-19-16(18)25/h2-5H,1,6-11H2,(H,19,25)(H,20,23,26). The van der Waals surface area contributed by atoms with E-state index in [-0.39, 0.29) is 24.3 Å². The highest BCUT2D eigenvalue weighted by atomic mass is 16.2. The molecule has 1 atom stereocenters. The number of imide groups is 1. The molecule has 8 nitrogen and oxygen atoms in total. The van der Waals surface area contributed by atoms with Crippen LogP contribution in [-0.4, -0.2) is 54.8 Å².